The smallest absolute Gasteiger partial charge is 0.234 e. The molecule has 16 heavy (non-hydrogen) atoms. The van der Waals surface area contributed by atoms with Crippen LogP contribution < -0.4 is 11.1 Å². The monoisotopic (exact) mass is 223 g/mol. The molecular weight excluding hydrogens is 210 g/mol. The Morgan fingerprint density at radius 3 is 2.94 bits per heavy atom. The van der Waals surface area contributed by atoms with Crippen LogP contribution in [0.25, 0.3) is 0 Å². The van der Waals surface area contributed by atoms with E-state index in [1.54, 1.807) is 12.3 Å². The van der Waals surface area contributed by atoms with Gasteiger partial charge in [0.2, 0.25) is 5.91 Å². The van der Waals surface area contributed by atoms with Gasteiger partial charge < -0.3 is 20.7 Å². The van der Waals surface area contributed by atoms with E-state index in [0.717, 1.165) is 5.56 Å². The van der Waals surface area contributed by atoms with Crippen molar-refractivity contribution in [1.29, 1.82) is 0 Å². The number of carbonyl (C=O) groups is 1. The molecule has 0 atom stereocenters. The van der Waals surface area contributed by atoms with Crippen LogP contribution in [-0.4, -0.2) is 17.0 Å². The van der Waals surface area contributed by atoms with E-state index in [9.17, 15) is 4.79 Å². The van der Waals surface area contributed by atoms with Crippen LogP contribution in [0.1, 0.15) is 18.4 Å². The summed E-state index contributed by atoms with van der Waals surface area (Å²) < 4.78 is 4.88. The largest absolute Gasteiger partial charge is 0.472 e. The van der Waals surface area contributed by atoms with Crippen molar-refractivity contribution in [2.45, 2.75) is 19.4 Å². The van der Waals surface area contributed by atoms with Crippen molar-refractivity contribution < 1.29 is 14.4 Å². The summed E-state index contributed by atoms with van der Waals surface area (Å²) in [6, 6.07) is 1.77. The van der Waals surface area contributed by atoms with Gasteiger partial charge in [0, 0.05) is 12.1 Å². The molecule has 1 fully saturated rings. The first kappa shape index (κ1) is 10.5. The van der Waals surface area contributed by atoms with E-state index in [1.165, 1.54) is 6.26 Å². The highest BCUT2D eigenvalue weighted by Crippen LogP contribution is 2.46. The van der Waals surface area contributed by atoms with Crippen LogP contribution in [0.2, 0.25) is 0 Å². The van der Waals surface area contributed by atoms with Gasteiger partial charge in [-0.3, -0.25) is 4.79 Å². The molecule has 6 heteroatoms. The predicted molar refractivity (Wildman–Crippen MR) is 55.6 cm³/mol. The van der Waals surface area contributed by atoms with Crippen molar-refractivity contribution in [3.8, 4) is 0 Å². The minimum absolute atomic E-state index is 0.0165. The molecule has 0 aliphatic heterocycles. The maximum absolute atomic E-state index is 11.8. The van der Waals surface area contributed by atoms with Gasteiger partial charge in [-0.2, -0.15) is 0 Å². The molecule has 1 saturated carbocycles. The molecule has 1 amide bonds. The SMILES string of the molecule is N/C(=N/O)C1(C(=O)NCc2ccoc2)CC1. The third-order valence-corrected chi connectivity index (χ3v) is 2.82. The Bertz CT molecular complexity index is 407. The number of oxime groups is 1. The molecule has 6 nitrogen and oxygen atoms in total. The van der Waals surface area contributed by atoms with Crippen LogP contribution in [0.4, 0.5) is 0 Å². The fourth-order valence-corrected chi connectivity index (χ4v) is 1.57. The van der Waals surface area contributed by atoms with Crippen molar-refractivity contribution in [2.24, 2.45) is 16.3 Å². The van der Waals surface area contributed by atoms with Crippen LogP contribution in [-0.2, 0) is 11.3 Å². The Hall–Kier alpha value is -1.98. The molecule has 0 saturated heterocycles. The minimum atomic E-state index is -0.793. The van der Waals surface area contributed by atoms with E-state index in [2.05, 4.69) is 10.5 Å². The Balaban J connectivity index is 1.94. The molecule has 86 valence electrons. The maximum atomic E-state index is 11.8. The Morgan fingerprint density at radius 1 is 1.69 bits per heavy atom. The van der Waals surface area contributed by atoms with Crippen LogP contribution in [0, 0.1) is 5.41 Å². The molecule has 2 rings (SSSR count). The Morgan fingerprint density at radius 2 is 2.44 bits per heavy atom. The number of amidine groups is 1. The van der Waals surface area contributed by atoms with Gasteiger partial charge in [0.1, 0.15) is 5.41 Å². The van der Waals surface area contributed by atoms with Gasteiger partial charge in [-0.15, -0.1) is 0 Å². The standard InChI is InChI=1S/C10H13N3O3/c11-8(13-15)10(2-3-10)9(14)12-5-7-1-4-16-6-7/h1,4,6,15H,2-3,5H2,(H2,11,13)(H,12,14). The molecule has 1 aromatic heterocycles. The number of hydrogen-bond donors (Lipinski definition) is 3. The third kappa shape index (κ3) is 1.73. The summed E-state index contributed by atoms with van der Waals surface area (Å²) in [7, 11) is 0. The first-order valence-corrected chi connectivity index (χ1v) is 4.96. The third-order valence-electron chi connectivity index (χ3n) is 2.82. The summed E-state index contributed by atoms with van der Waals surface area (Å²) in [5.41, 5.74) is 5.57. The number of nitrogens with zero attached hydrogens (tertiary/aromatic N) is 1. The van der Waals surface area contributed by atoms with E-state index in [0.29, 0.717) is 19.4 Å². The topological polar surface area (TPSA) is 101 Å². The molecule has 1 heterocycles. The van der Waals surface area contributed by atoms with Gasteiger partial charge in [-0.05, 0) is 18.9 Å². The number of hydrogen-bond acceptors (Lipinski definition) is 4. The summed E-state index contributed by atoms with van der Waals surface area (Å²) in [4.78, 5) is 11.8. The second-order valence-corrected chi connectivity index (χ2v) is 3.88. The molecule has 4 N–H and O–H groups in total. The number of amides is 1. The fraction of sp³-hybridized carbons (Fsp3) is 0.400. The van der Waals surface area contributed by atoms with E-state index >= 15 is 0 Å². The molecule has 0 radical (unpaired) electrons. The zero-order valence-corrected chi connectivity index (χ0v) is 8.64. The molecule has 0 aromatic carbocycles. The molecule has 0 spiro atoms. The van der Waals surface area contributed by atoms with E-state index in [4.69, 9.17) is 15.4 Å². The number of furan rings is 1. The lowest BCUT2D eigenvalue weighted by molar-refractivity contribution is -0.124. The molecular formula is C10H13N3O3. The lowest BCUT2D eigenvalue weighted by atomic mass is 10.1. The number of nitrogens with one attached hydrogen (secondary N) is 1. The molecule has 1 aliphatic carbocycles. The maximum Gasteiger partial charge on any atom is 0.234 e. The van der Waals surface area contributed by atoms with Gasteiger partial charge in [0.05, 0.1) is 12.5 Å². The second kappa shape index (κ2) is 3.88. The average molecular weight is 223 g/mol. The van der Waals surface area contributed by atoms with Crippen LogP contribution in [0.5, 0.6) is 0 Å². The van der Waals surface area contributed by atoms with Crippen molar-refractivity contribution in [1.82, 2.24) is 5.32 Å². The molecule has 1 aliphatic rings. The fourth-order valence-electron chi connectivity index (χ4n) is 1.57. The van der Waals surface area contributed by atoms with E-state index in [1.807, 2.05) is 0 Å². The summed E-state index contributed by atoms with van der Waals surface area (Å²) in [5, 5.41) is 14.2. The van der Waals surface area contributed by atoms with E-state index < -0.39 is 5.41 Å². The number of rotatable bonds is 4. The van der Waals surface area contributed by atoms with Crippen molar-refractivity contribution >= 4 is 11.7 Å². The molecule has 1 aromatic rings. The molecule has 0 bridgehead atoms. The van der Waals surface area contributed by atoms with Crippen LogP contribution in [0.3, 0.4) is 0 Å². The second-order valence-electron chi connectivity index (χ2n) is 3.88. The quantitative estimate of drug-likeness (QED) is 0.298. The first-order chi connectivity index (χ1) is 7.69. The normalized spacial score (nSPS) is 18.1. The summed E-state index contributed by atoms with van der Waals surface area (Å²) >= 11 is 0. The summed E-state index contributed by atoms with van der Waals surface area (Å²) in [5.74, 6) is -0.221. The average Bonchev–Trinajstić information content (AvgIpc) is 2.95. The summed E-state index contributed by atoms with van der Waals surface area (Å²) in [6.45, 7) is 0.385. The lowest BCUT2D eigenvalue weighted by Crippen LogP contribution is -2.40. The van der Waals surface area contributed by atoms with Gasteiger partial charge in [-0.25, -0.2) is 0 Å². The van der Waals surface area contributed by atoms with Crippen molar-refractivity contribution in [3.05, 3.63) is 24.2 Å². The van der Waals surface area contributed by atoms with Gasteiger partial charge in [0.25, 0.3) is 0 Å². The number of nitrogens with two attached hydrogens (primary N) is 1. The number of carbonyl (C=O) groups excluding carboxylic acids is 1. The van der Waals surface area contributed by atoms with Crippen molar-refractivity contribution in [3.63, 3.8) is 0 Å². The van der Waals surface area contributed by atoms with Crippen LogP contribution >= 0.6 is 0 Å². The van der Waals surface area contributed by atoms with Gasteiger partial charge >= 0.3 is 0 Å². The zero-order chi connectivity index (χ0) is 11.6. The highest BCUT2D eigenvalue weighted by molar-refractivity contribution is 6.09. The van der Waals surface area contributed by atoms with Gasteiger partial charge in [0.15, 0.2) is 5.84 Å². The Kier molecular flexibility index (Phi) is 2.55. The lowest BCUT2D eigenvalue weighted by Gasteiger charge is -2.12. The van der Waals surface area contributed by atoms with Crippen LogP contribution in [0.15, 0.2) is 28.2 Å². The highest BCUT2D eigenvalue weighted by atomic mass is 16.4. The van der Waals surface area contributed by atoms with E-state index in [-0.39, 0.29) is 11.7 Å². The van der Waals surface area contributed by atoms with Crippen molar-refractivity contribution in [2.75, 3.05) is 0 Å². The minimum Gasteiger partial charge on any atom is -0.472 e. The molecule has 0 unspecified atom stereocenters. The Labute approximate surface area is 92.1 Å². The summed E-state index contributed by atoms with van der Waals surface area (Å²) in [6.07, 6.45) is 4.35. The predicted octanol–water partition coefficient (Wildman–Crippen LogP) is 0.422. The first-order valence-electron chi connectivity index (χ1n) is 4.96. The highest BCUT2D eigenvalue weighted by Gasteiger charge is 2.54. The zero-order valence-electron chi connectivity index (χ0n) is 8.64. The van der Waals surface area contributed by atoms with Gasteiger partial charge in [-0.1, -0.05) is 5.16 Å².